The normalized spacial score (nSPS) is 12.3. The molecule has 0 aliphatic heterocycles. The fourth-order valence-corrected chi connectivity index (χ4v) is 1.91. The topological polar surface area (TPSA) is 91.3 Å². The van der Waals surface area contributed by atoms with Gasteiger partial charge in [0, 0.05) is 12.7 Å². The Bertz CT molecular complexity index is 734. The zero-order chi connectivity index (χ0) is 18.4. The number of amides is 2. The number of pyridine rings is 1. The van der Waals surface area contributed by atoms with E-state index in [4.69, 9.17) is 0 Å². The Morgan fingerprint density at radius 1 is 1.12 bits per heavy atom. The van der Waals surface area contributed by atoms with Gasteiger partial charge in [-0.05, 0) is 29.8 Å². The summed E-state index contributed by atoms with van der Waals surface area (Å²) in [6.45, 7) is -0.329. The average Bonchev–Trinajstić information content (AvgIpc) is 2.59. The lowest BCUT2D eigenvalue weighted by molar-refractivity contribution is -0.137. The minimum atomic E-state index is -4.47. The highest BCUT2D eigenvalue weighted by atomic mass is 19.4. The van der Waals surface area contributed by atoms with E-state index < -0.39 is 29.7 Å². The molecule has 0 spiro atoms. The number of benzene rings is 1. The van der Waals surface area contributed by atoms with Crippen LogP contribution in [0.3, 0.4) is 0 Å². The molecule has 0 saturated heterocycles. The van der Waals surface area contributed by atoms with Crippen molar-refractivity contribution in [2.75, 3.05) is 11.9 Å². The molecule has 3 N–H and O–H groups in total. The van der Waals surface area contributed by atoms with Crippen LogP contribution >= 0.6 is 0 Å². The standard InChI is InChI=1S/C16H14F3N3O3/c17-16(18,19)11-5-3-10(4-6-11)13(23)9-21-14(24)15(25)22-12-2-1-7-20-8-12/h1-8,13,23H,9H2,(H,21,24)(H,22,25)/t13-/m1/s1. The number of carbonyl (C=O) groups excluding carboxylic acids is 2. The number of alkyl halides is 3. The number of halogens is 3. The van der Waals surface area contributed by atoms with E-state index in [1.165, 1.54) is 18.5 Å². The van der Waals surface area contributed by atoms with Gasteiger partial charge in [0.25, 0.3) is 0 Å². The van der Waals surface area contributed by atoms with Gasteiger partial charge < -0.3 is 15.7 Å². The van der Waals surface area contributed by atoms with Gasteiger partial charge >= 0.3 is 18.0 Å². The van der Waals surface area contributed by atoms with Crippen molar-refractivity contribution in [1.29, 1.82) is 0 Å². The van der Waals surface area contributed by atoms with E-state index in [0.29, 0.717) is 5.69 Å². The summed E-state index contributed by atoms with van der Waals surface area (Å²) in [6, 6.07) is 6.98. The molecule has 0 unspecified atom stereocenters. The number of aromatic nitrogens is 1. The molecule has 6 nitrogen and oxygen atoms in total. The van der Waals surface area contributed by atoms with Crippen LogP contribution in [0.5, 0.6) is 0 Å². The Hall–Kier alpha value is -2.94. The fraction of sp³-hybridized carbons (Fsp3) is 0.188. The molecule has 2 amide bonds. The molecule has 1 aromatic carbocycles. The summed E-state index contributed by atoms with van der Waals surface area (Å²) in [5.74, 6) is -1.94. The van der Waals surface area contributed by atoms with E-state index in [2.05, 4.69) is 15.6 Å². The maximum atomic E-state index is 12.5. The number of nitrogens with zero attached hydrogens (tertiary/aromatic N) is 1. The summed E-state index contributed by atoms with van der Waals surface area (Å²) < 4.78 is 37.4. The second-order valence-electron chi connectivity index (χ2n) is 5.04. The maximum absolute atomic E-state index is 12.5. The van der Waals surface area contributed by atoms with Crippen LogP contribution < -0.4 is 10.6 Å². The van der Waals surface area contributed by atoms with E-state index in [0.717, 1.165) is 24.3 Å². The van der Waals surface area contributed by atoms with Gasteiger partial charge in [0.05, 0.1) is 23.6 Å². The van der Waals surface area contributed by atoms with E-state index in [-0.39, 0.29) is 12.1 Å². The SMILES string of the molecule is O=C(NC[C@@H](O)c1ccc(C(F)(F)F)cc1)C(=O)Nc1cccnc1. The third kappa shape index (κ3) is 5.28. The quantitative estimate of drug-likeness (QED) is 0.732. The lowest BCUT2D eigenvalue weighted by Gasteiger charge is -2.13. The molecule has 25 heavy (non-hydrogen) atoms. The van der Waals surface area contributed by atoms with Crippen LogP contribution in [-0.4, -0.2) is 28.4 Å². The first kappa shape index (κ1) is 18.4. The first-order valence-corrected chi connectivity index (χ1v) is 7.12. The van der Waals surface area contributed by atoms with Gasteiger partial charge in [-0.25, -0.2) is 0 Å². The van der Waals surface area contributed by atoms with E-state index in [1.54, 1.807) is 6.07 Å². The highest BCUT2D eigenvalue weighted by Gasteiger charge is 2.30. The number of rotatable bonds is 4. The van der Waals surface area contributed by atoms with Crippen LogP contribution in [0.2, 0.25) is 0 Å². The zero-order valence-electron chi connectivity index (χ0n) is 12.7. The number of carbonyl (C=O) groups is 2. The fourth-order valence-electron chi connectivity index (χ4n) is 1.91. The molecular weight excluding hydrogens is 339 g/mol. The first-order valence-electron chi connectivity index (χ1n) is 7.12. The largest absolute Gasteiger partial charge is 0.416 e. The van der Waals surface area contributed by atoms with Crippen LogP contribution in [-0.2, 0) is 15.8 Å². The molecule has 2 aromatic rings. The minimum Gasteiger partial charge on any atom is -0.387 e. The van der Waals surface area contributed by atoms with Crippen molar-refractivity contribution in [3.05, 3.63) is 59.9 Å². The second kappa shape index (κ2) is 7.75. The number of aliphatic hydroxyl groups is 1. The second-order valence-corrected chi connectivity index (χ2v) is 5.04. The summed E-state index contributed by atoms with van der Waals surface area (Å²) in [5.41, 5.74) is -0.338. The molecule has 132 valence electrons. The van der Waals surface area contributed by atoms with Gasteiger partial charge in [-0.1, -0.05) is 12.1 Å². The molecule has 0 fully saturated rings. The van der Waals surface area contributed by atoms with Gasteiger partial charge in [0.15, 0.2) is 0 Å². The summed E-state index contributed by atoms with van der Waals surface area (Å²) in [5, 5.41) is 14.4. The van der Waals surface area contributed by atoms with E-state index >= 15 is 0 Å². The Labute approximate surface area is 140 Å². The number of hydrogen-bond acceptors (Lipinski definition) is 4. The number of hydrogen-bond donors (Lipinski definition) is 3. The van der Waals surface area contributed by atoms with Crippen molar-refractivity contribution in [2.24, 2.45) is 0 Å². The Kier molecular flexibility index (Phi) is 5.71. The maximum Gasteiger partial charge on any atom is 0.416 e. The highest BCUT2D eigenvalue weighted by molar-refractivity contribution is 6.39. The van der Waals surface area contributed by atoms with E-state index in [9.17, 15) is 27.9 Å². The Balaban J connectivity index is 1.87. The predicted molar refractivity (Wildman–Crippen MR) is 82.3 cm³/mol. The third-order valence-corrected chi connectivity index (χ3v) is 3.20. The molecular formula is C16H14F3N3O3. The van der Waals surface area contributed by atoms with Crippen LogP contribution in [0, 0.1) is 0 Å². The van der Waals surface area contributed by atoms with Crippen molar-refractivity contribution in [3.63, 3.8) is 0 Å². The molecule has 2 rings (SSSR count). The van der Waals surface area contributed by atoms with Gasteiger partial charge in [-0.3, -0.25) is 14.6 Å². The van der Waals surface area contributed by atoms with Crippen molar-refractivity contribution in [3.8, 4) is 0 Å². The van der Waals surface area contributed by atoms with Crippen LogP contribution in [0.15, 0.2) is 48.8 Å². The molecule has 0 saturated carbocycles. The smallest absolute Gasteiger partial charge is 0.387 e. The van der Waals surface area contributed by atoms with Crippen LogP contribution in [0.1, 0.15) is 17.2 Å². The monoisotopic (exact) mass is 353 g/mol. The molecule has 0 radical (unpaired) electrons. The first-order chi connectivity index (χ1) is 11.8. The van der Waals surface area contributed by atoms with Crippen LogP contribution in [0.25, 0.3) is 0 Å². The van der Waals surface area contributed by atoms with Crippen molar-refractivity contribution >= 4 is 17.5 Å². The van der Waals surface area contributed by atoms with Gasteiger partial charge in [0.2, 0.25) is 0 Å². The van der Waals surface area contributed by atoms with Gasteiger partial charge in [0.1, 0.15) is 0 Å². The molecule has 9 heteroatoms. The van der Waals surface area contributed by atoms with Crippen molar-refractivity contribution in [2.45, 2.75) is 12.3 Å². The summed E-state index contributed by atoms with van der Waals surface area (Å²) in [6.07, 6.45) is -2.88. The van der Waals surface area contributed by atoms with E-state index in [1.807, 2.05) is 0 Å². The minimum absolute atomic E-state index is 0.181. The lowest BCUT2D eigenvalue weighted by Crippen LogP contribution is -2.37. The molecule has 1 atom stereocenters. The van der Waals surface area contributed by atoms with Crippen LogP contribution in [0.4, 0.5) is 18.9 Å². The predicted octanol–water partition coefficient (Wildman–Crippen LogP) is 1.89. The Morgan fingerprint density at radius 3 is 2.36 bits per heavy atom. The molecule has 1 heterocycles. The highest BCUT2D eigenvalue weighted by Crippen LogP contribution is 2.29. The summed E-state index contributed by atoms with van der Waals surface area (Å²) in [7, 11) is 0. The number of anilines is 1. The zero-order valence-corrected chi connectivity index (χ0v) is 12.7. The number of aliphatic hydroxyl groups excluding tert-OH is 1. The molecule has 0 bridgehead atoms. The van der Waals surface area contributed by atoms with Crippen molar-refractivity contribution < 1.29 is 27.9 Å². The Morgan fingerprint density at radius 2 is 1.80 bits per heavy atom. The number of nitrogens with one attached hydrogen (secondary N) is 2. The molecule has 1 aromatic heterocycles. The lowest BCUT2D eigenvalue weighted by atomic mass is 10.1. The summed E-state index contributed by atoms with van der Waals surface area (Å²) in [4.78, 5) is 27.1. The third-order valence-electron chi connectivity index (χ3n) is 3.20. The van der Waals surface area contributed by atoms with Gasteiger partial charge in [-0.2, -0.15) is 13.2 Å². The average molecular weight is 353 g/mol. The summed E-state index contributed by atoms with van der Waals surface area (Å²) >= 11 is 0. The van der Waals surface area contributed by atoms with Crippen molar-refractivity contribution in [1.82, 2.24) is 10.3 Å². The van der Waals surface area contributed by atoms with Gasteiger partial charge in [-0.15, -0.1) is 0 Å². The molecule has 0 aliphatic rings. The molecule has 0 aliphatic carbocycles.